The van der Waals surface area contributed by atoms with Gasteiger partial charge in [0, 0.05) is 0 Å². The predicted octanol–water partition coefficient (Wildman–Crippen LogP) is 1.56. The molecule has 1 rings (SSSR count). The number of rotatable bonds is 0. The molecule has 16 heavy (non-hydrogen) atoms. The molecular weight excluding hydrogens is 210 g/mol. The topological polar surface area (TPSA) is 55.8 Å². The normalized spacial score (nSPS) is 20.8. The van der Waals surface area contributed by atoms with Gasteiger partial charge in [-0.15, -0.1) is 0 Å². The van der Waals surface area contributed by atoms with Crippen molar-refractivity contribution in [2.45, 2.75) is 45.8 Å². The molecule has 1 aliphatic rings. The van der Waals surface area contributed by atoms with E-state index < -0.39 is 17.2 Å². The molecule has 0 aliphatic carbocycles. The highest BCUT2D eigenvalue weighted by Gasteiger charge is 2.42. The Morgan fingerprint density at radius 1 is 1.44 bits per heavy atom. The van der Waals surface area contributed by atoms with Crippen LogP contribution in [0.25, 0.3) is 0 Å². The number of imide groups is 1. The maximum atomic E-state index is 11.9. The van der Waals surface area contributed by atoms with Crippen LogP contribution < -0.4 is 0 Å². The molecule has 5 heteroatoms. The van der Waals surface area contributed by atoms with Crippen LogP contribution in [0.5, 0.6) is 0 Å². The van der Waals surface area contributed by atoms with Crippen molar-refractivity contribution >= 4 is 12.0 Å². The first-order valence-electron chi connectivity index (χ1n) is 5.27. The lowest BCUT2D eigenvalue weighted by molar-refractivity contribution is -0.152. The summed E-state index contributed by atoms with van der Waals surface area (Å²) in [6.45, 7) is 9.11. The number of hydrogen-bond donors (Lipinski definition) is 0. The van der Waals surface area contributed by atoms with Gasteiger partial charge in [-0.1, -0.05) is 0 Å². The van der Waals surface area contributed by atoms with E-state index in [0.29, 0.717) is 6.61 Å². The SMILES string of the molecule is CC(C)(C)OC(=O)N1C(=O)COCC1(C)C. The fourth-order valence-electron chi connectivity index (χ4n) is 1.51. The van der Waals surface area contributed by atoms with Gasteiger partial charge in [-0.25, -0.2) is 9.69 Å². The van der Waals surface area contributed by atoms with Crippen molar-refractivity contribution in [1.29, 1.82) is 0 Å². The Morgan fingerprint density at radius 3 is 2.44 bits per heavy atom. The second-order valence-corrected chi connectivity index (χ2v) is 5.51. The van der Waals surface area contributed by atoms with Gasteiger partial charge in [0.15, 0.2) is 0 Å². The van der Waals surface area contributed by atoms with Crippen LogP contribution in [0.4, 0.5) is 4.79 Å². The van der Waals surface area contributed by atoms with E-state index in [2.05, 4.69) is 0 Å². The van der Waals surface area contributed by atoms with Gasteiger partial charge in [-0.05, 0) is 34.6 Å². The molecule has 92 valence electrons. The van der Waals surface area contributed by atoms with E-state index in [1.54, 1.807) is 34.6 Å². The third-order valence-electron chi connectivity index (χ3n) is 2.11. The first kappa shape index (κ1) is 13.0. The number of carbonyl (C=O) groups is 2. The Hall–Kier alpha value is -1.10. The Bertz CT molecular complexity index is 304. The van der Waals surface area contributed by atoms with Crippen molar-refractivity contribution in [3.63, 3.8) is 0 Å². The fraction of sp³-hybridized carbons (Fsp3) is 0.818. The number of amides is 2. The lowest BCUT2D eigenvalue weighted by atomic mass is 10.0. The summed E-state index contributed by atoms with van der Waals surface area (Å²) in [6, 6.07) is 0. The molecule has 0 bridgehead atoms. The van der Waals surface area contributed by atoms with Crippen molar-refractivity contribution in [3.05, 3.63) is 0 Å². The summed E-state index contributed by atoms with van der Waals surface area (Å²) >= 11 is 0. The molecule has 0 unspecified atom stereocenters. The number of nitrogens with zero attached hydrogens (tertiary/aromatic N) is 1. The second-order valence-electron chi connectivity index (χ2n) is 5.51. The molecule has 1 aliphatic heterocycles. The average molecular weight is 229 g/mol. The molecule has 0 spiro atoms. The molecule has 0 saturated carbocycles. The van der Waals surface area contributed by atoms with Gasteiger partial charge in [-0.2, -0.15) is 0 Å². The fourth-order valence-corrected chi connectivity index (χ4v) is 1.51. The van der Waals surface area contributed by atoms with Gasteiger partial charge in [0.05, 0.1) is 12.1 Å². The largest absolute Gasteiger partial charge is 0.443 e. The van der Waals surface area contributed by atoms with Crippen LogP contribution in [0.1, 0.15) is 34.6 Å². The molecule has 1 fully saturated rings. The van der Waals surface area contributed by atoms with Crippen LogP contribution in [0.15, 0.2) is 0 Å². The predicted molar refractivity (Wildman–Crippen MR) is 58.0 cm³/mol. The number of morpholine rings is 1. The number of hydrogen-bond acceptors (Lipinski definition) is 4. The zero-order chi connectivity index (χ0) is 12.6. The standard InChI is InChI=1S/C11H19NO4/c1-10(2,3)16-9(14)12-8(13)6-15-7-11(12,4)5/h6-7H2,1-5H3. The molecular formula is C11H19NO4. The van der Waals surface area contributed by atoms with Gasteiger partial charge >= 0.3 is 6.09 Å². The molecule has 0 aromatic rings. The molecule has 1 saturated heterocycles. The molecule has 0 atom stereocenters. The van der Waals surface area contributed by atoms with Crippen molar-refractivity contribution in [2.75, 3.05) is 13.2 Å². The third-order valence-corrected chi connectivity index (χ3v) is 2.11. The van der Waals surface area contributed by atoms with E-state index >= 15 is 0 Å². The second kappa shape index (κ2) is 4.05. The van der Waals surface area contributed by atoms with E-state index in [1.807, 2.05) is 0 Å². The smallest absolute Gasteiger partial charge is 0.417 e. The van der Waals surface area contributed by atoms with E-state index in [1.165, 1.54) is 0 Å². The van der Waals surface area contributed by atoms with E-state index in [4.69, 9.17) is 9.47 Å². The average Bonchev–Trinajstić information content (AvgIpc) is 1.97. The highest BCUT2D eigenvalue weighted by molar-refractivity contribution is 5.94. The van der Waals surface area contributed by atoms with Gasteiger partial charge in [0.1, 0.15) is 12.2 Å². The summed E-state index contributed by atoms with van der Waals surface area (Å²) < 4.78 is 10.3. The zero-order valence-electron chi connectivity index (χ0n) is 10.5. The summed E-state index contributed by atoms with van der Waals surface area (Å²) in [5.41, 5.74) is -1.26. The summed E-state index contributed by atoms with van der Waals surface area (Å²) in [6.07, 6.45) is -0.606. The zero-order valence-corrected chi connectivity index (χ0v) is 10.5. The molecule has 0 aromatic carbocycles. The molecule has 1 heterocycles. The Labute approximate surface area is 95.7 Å². The van der Waals surface area contributed by atoms with Crippen LogP contribution in [0, 0.1) is 0 Å². The summed E-state index contributed by atoms with van der Waals surface area (Å²) in [5.74, 6) is -0.356. The molecule has 5 nitrogen and oxygen atoms in total. The third kappa shape index (κ3) is 2.95. The van der Waals surface area contributed by atoms with Crippen LogP contribution in [-0.2, 0) is 14.3 Å². The maximum Gasteiger partial charge on any atom is 0.417 e. The summed E-state index contributed by atoms with van der Waals surface area (Å²) in [7, 11) is 0. The molecule has 2 amide bonds. The first-order valence-corrected chi connectivity index (χ1v) is 5.27. The number of ether oxygens (including phenoxy) is 2. The van der Waals surface area contributed by atoms with E-state index in [9.17, 15) is 9.59 Å². The Balaban J connectivity index is 2.83. The van der Waals surface area contributed by atoms with Crippen molar-refractivity contribution < 1.29 is 19.1 Å². The van der Waals surface area contributed by atoms with Gasteiger partial charge in [0.25, 0.3) is 5.91 Å². The van der Waals surface area contributed by atoms with E-state index in [0.717, 1.165) is 4.90 Å². The number of carbonyl (C=O) groups excluding carboxylic acids is 2. The minimum Gasteiger partial charge on any atom is -0.443 e. The Kier molecular flexibility index (Phi) is 3.28. The van der Waals surface area contributed by atoms with Crippen LogP contribution in [0.2, 0.25) is 0 Å². The van der Waals surface area contributed by atoms with Crippen molar-refractivity contribution in [1.82, 2.24) is 4.90 Å². The van der Waals surface area contributed by atoms with Crippen molar-refractivity contribution in [2.24, 2.45) is 0 Å². The van der Waals surface area contributed by atoms with Crippen LogP contribution >= 0.6 is 0 Å². The maximum absolute atomic E-state index is 11.9. The van der Waals surface area contributed by atoms with Gasteiger partial charge in [0.2, 0.25) is 0 Å². The van der Waals surface area contributed by atoms with E-state index in [-0.39, 0.29) is 12.5 Å². The van der Waals surface area contributed by atoms with Crippen molar-refractivity contribution in [3.8, 4) is 0 Å². The highest BCUT2D eigenvalue weighted by atomic mass is 16.6. The molecule has 0 aromatic heterocycles. The minimum absolute atomic E-state index is 0.0668. The lowest BCUT2D eigenvalue weighted by Crippen LogP contribution is -2.59. The Morgan fingerprint density at radius 2 is 2.00 bits per heavy atom. The quantitative estimate of drug-likeness (QED) is 0.632. The van der Waals surface area contributed by atoms with Gasteiger partial charge < -0.3 is 9.47 Å². The van der Waals surface area contributed by atoms with Crippen LogP contribution in [0.3, 0.4) is 0 Å². The monoisotopic (exact) mass is 229 g/mol. The van der Waals surface area contributed by atoms with Gasteiger partial charge in [-0.3, -0.25) is 4.79 Å². The lowest BCUT2D eigenvalue weighted by Gasteiger charge is -2.40. The highest BCUT2D eigenvalue weighted by Crippen LogP contribution is 2.22. The molecule has 0 N–H and O–H groups in total. The van der Waals surface area contributed by atoms with Crippen LogP contribution in [-0.4, -0.2) is 41.3 Å². The summed E-state index contributed by atoms with van der Waals surface area (Å²) in [4.78, 5) is 24.6. The summed E-state index contributed by atoms with van der Waals surface area (Å²) in [5, 5.41) is 0. The molecule has 0 radical (unpaired) electrons. The first-order chi connectivity index (χ1) is 7.13. The minimum atomic E-state index is -0.655.